The summed E-state index contributed by atoms with van der Waals surface area (Å²) in [7, 11) is 1.86. The summed E-state index contributed by atoms with van der Waals surface area (Å²) >= 11 is 6.55. The van der Waals surface area contributed by atoms with Gasteiger partial charge in [-0.15, -0.1) is 0 Å². The first-order valence-corrected chi connectivity index (χ1v) is 19.2. The van der Waals surface area contributed by atoms with Crippen LogP contribution < -0.4 is 15.0 Å². The number of aromatic amines is 1. The number of imidazole rings is 1. The first-order chi connectivity index (χ1) is 26.6. The Hall–Kier alpha value is -4.92. The second kappa shape index (κ2) is 15.7. The fourth-order valence-corrected chi connectivity index (χ4v) is 8.38. The number of anilines is 1. The van der Waals surface area contributed by atoms with Crippen LogP contribution in [0, 0.1) is 18.7 Å². The number of benzene rings is 2. The van der Waals surface area contributed by atoms with Gasteiger partial charge in [0.25, 0.3) is 0 Å². The van der Waals surface area contributed by atoms with Gasteiger partial charge in [0.1, 0.15) is 34.6 Å². The average molecular weight is 772 g/mol. The molecule has 2 amide bonds. The molecule has 288 valence electrons. The van der Waals surface area contributed by atoms with Crippen LogP contribution in [0.3, 0.4) is 0 Å². The van der Waals surface area contributed by atoms with Crippen LogP contribution in [0.5, 0.6) is 11.5 Å². The zero-order valence-electron chi connectivity index (χ0n) is 30.9. The van der Waals surface area contributed by atoms with Crippen molar-refractivity contribution in [3.05, 3.63) is 82.5 Å². The van der Waals surface area contributed by atoms with Crippen molar-refractivity contribution in [3.8, 4) is 22.9 Å². The molecule has 1 unspecified atom stereocenters. The van der Waals surface area contributed by atoms with Crippen molar-refractivity contribution >= 4 is 40.3 Å². The highest BCUT2D eigenvalue weighted by Gasteiger charge is 2.32. The van der Waals surface area contributed by atoms with Crippen LogP contribution in [0.15, 0.2) is 54.9 Å². The number of ether oxygens (including phenoxy) is 1. The molecule has 8 rings (SSSR count). The smallest absolute Gasteiger partial charge is 0.234 e. The Balaban J connectivity index is 0.831. The van der Waals surface area contributed by atoms with Crippen LogP contribution >= 0.6 is 11.6 Å². The van der Waals surface area contributed by atoms with Gasteiger partial charge < -0.3 is 14.6 Å². The maximum absolute atomic E-state index is 15.3. The molecule has 3 aromatic heterocycles. The quantitative estimate of drug-likeness (QED) is 0.161. The first kappa shape index (κ1) is 37.0. The number of hydrogen-bond donors (Lipinski definition) is 2. The van der Waals surface area contributed by atoms with Crippen molar-refractivity contribution in [2.75, 3.05) is 50.8 Å². The monoisotopic (exact) mass is 771 g/mol. The van der Waals surface area contributed by atoms with E-state index >= 15 is 4.39 Å². The van der Waals surface area contributed by atoms with Gasteiger partial charge in [0.2, 0.25) is 11.8 Å². The highest BCUT2D eigenvalue weighted by molar-refractivity contribution is 6.32. The highest BCUT2D eigenvalue weighted by Crippen LogP contribution is 2.37. The number of halogens is 3. The predicted molar refractivity (Wildman–Crippen MR) is 205 cm³/mol. The third kappa shape index (κ3) is 7.94. The number of piperazine rings is 1. The van der Waals surface area contributed by atoms with E-state index in [9.17, 15) is 14.0 Å². The molecule has 3 saturated heterocycles. The Morgan fingerprint density at radius 2 is 1.84 bits per heavy atom. The average Bonchev–Trinajstić information content (AvgIpc) is 3.76. The standard InChI is InChI=1S/C40H44ClF2N9O3/c1-24-31(23-49(2)48-24)38-46-36-37(32(41)19-44-39(36)47-38)55-29-6-3-25(4-7-29)20-50-15-16-52(28(18-42)22-50)21-26-11-13-51(14-12-26)34-9-5-27(17-33(34)43)30-8-10-35(53)45-40(30)54/h3-7,9,17,19,23,26,28,30H,8,10-16,18,20-22H2,1-2H3,(H,44,46,47)(H,45,53,54)/t28?,30-/m0/s1. The third-order valence-corrected chi connectivity index (χ3v) is 11.4. The Morgan fingerprint density at radius 3 is 2.55 bits per heavy atom. The number of hydrogen-bond acceptors (Lipinski definition) is 9. The third-order valence-electron chi connectivity index (χ3n) is 11.2. The van der Waals surface area contributed by atoms with Gasteiger partial charge in [-0.05, 0) is 67.5 Å². The van der Waals surface area contributed by atoms with Crippen molar-refractivity contribution in [1.29, 1.82) is 0 Å². The number of carbonyl (C=O) groups is 2. The molecule has 3 aliphatic heterocycles. The minimum absolute atomic E-state index is 0.183. The lowest BCUT2D eigenvalue weighted by molar-refractivity contribution is -0.134. The number of aryl methyl sites for hydroxylation is 2. The largest absolute Gasteiger partial charge is 0.453 e. The molecule has 3 fully saturated rings. The topological polar surface area (TPSA) is 125 Å². The van der Waals surface area contributed by atoms with Gasteiger partial charge in [-0.1, -0.05) is 29.8 Å². The van der Waals surface area contributed by atoms with E-state index in [1.807, 2.05) is 44.4 Å². The zero-order chi connectivity index (χ0) is 38.2. The number of nitrogens with zero attached hydrogens (tertiary/aromatic N) is 7. The molecule has 2 N–H and O–H groups in total. The lowest BCUT2D eigenvalue weighted by atomic mass is 9.90. The Morgan fingerprint density at radius 1 is 1.04 bits per heavy atom. The van der Waals surface area contributed by atoms with Gasteiger partial charge >= 0.3 is 0 Å². The van der Waals surface area contributed by atoms with Crippen LogP contribution in [0.2, 0.25) is 5.02 Å². The summed E-state index contributed by atoms with van der Waals surface area (Å²) in [6.07, 6.45) is 5.86. The maximum atomic E-state index is 15.3. The van der Waals surface area contributed by atoms with Crippen LogP contribution in [-0.4, -0.2) is 98.3 Å². The number of amides is 2. The lowest BCUT2D eigenvalue weighted by Crippen LogP contribution is -2.55. The number of aromatic nitrogens is 5. The molecule has 6 heterocycles. The summed E-state index contributed by atoms with van der Waals surface area (Å²) in [5.41, 5.74) is 5.04. The molecule has 2 atom stereocenters. The molecule has 0 aliphatic carbocycles. The van der Waals surface area contributed by atoms with Gasteiger partial charge in [-0.25, -0.2) is 18.7 Å². The second-order valence-electron chi connectivity index (χ2n) is 15.0. The van der Waals surface area contributed by atoms with Crippen LogP contribution in [0.4, 0.5) is 14.5 Å². The number of carbonyl (C=O) groups excluding carboxylic acids is 2. The molecule has 3 aliphatic rings. The summed E-state index contributed by atoms with van der Waals surface area (Å²) in [6.45, 7) is 6.72. The van der Waals surface area contributed by atoms with Crippen molar-refractivity contribution in [3.63, 3.8) is 0 Å². The summed E-state index contributed by atoms with van der Waals surface area (Å²) in [6, 6.07) is 12.7. The van der Waals surface area contributed by atoms with Crippen LogP contribution in [0.25, 0.3) is 22.6 Å². The first-order valence-electron chi connectivity index (χ1n) is 18.8. The minimum Gasteiger partial charge on any atom is -0.453 e. The number of nitrogens with one attached hydrogen (secondary N) is 2. The lowest BCUT2D eigenvalue weighted by Gasteiger charge is -2.43. The summed E-state index contributed by atoms with van der Waals surface area (Å²) < 4.78 is 37.7. The van der Waals surface area contributed by atoms with Gasteiger partial charge in [-0.3, -0.25) is 29.4 Å². The Bertz CT molecular complexity index is 2200. The molecular formula is C40H44ClF2N9O3. The van der Waals surface area contributed by atoms with E-state index in [1.165, 1.54) is 12.3 Å². The molecular weight excluding hydrogens is 728 g/mol. The summed E-state index contributed by atoms with van der Waals surface area (Å²) in [5, 5.41) is 7.12. The van der Waals surface area contributed by atoms with Crippen molar-refractivity contribution < 1.29 is 23.1 Å². The van der Waals surface area contributed by atoms with E-state index in [4.69, 9.17) is 16.3 Å². The van der Waals surface area contributed by atoms with E-state index in [2.05, 4.69) is 40.1 Å². The van der Waals surface area contributed by atoms with E-state index in [-0.39, 0.29) is 30.1 Å². The number of alkyl halides is 1. The zero-order valence-corrected chi connectivity index (χ0v) is 31.7. The number of pyridine rings is 1. The molecule has 5 aromatic rings. The van der Waals surface area contributed by atoms with E-state index < -0.39 is 12.6 Å². The SMILES string of the molecule is Cc1nn(C)cc1-c1nc2ncc(Cl)c(Oc3ccc(CN4CCN(CC5CCN(c6ccc([C@@H]7CCC(=O)NC7=O)cc6F)CC5)C(CF)C4)cc3)c2[nH]1. The fourth-order valence-electron chi connectivity index (χ4n) is 8.19. The molecule has 15 heteroatoms. The van der Waals surface area contributed by atoms with Gasteiger partial charge in [-0.2, -0.15) is 5.10 Å². The van der Waals surface area contributed by atoms with Gasteiger partial charge in [0.15, 0.2) is 11.4 Å². The van der Waals surface area contributed by atoms with Crippen molar-refractivity contribution in [1.82, 2.24) is 39.8 Å². The second-order valence-corrected chi connectivity index (χ2v) is 15.4. The summed E-state index contributed by atoms with van der Waals surface area (Å²) in [4.78, 5) is 42.8. The molecule has 0 radical (unpaired) electrons. The summed E-state index contributed by atoms with van der Waals surface area (Å²) in [5.74, 6) is 0.588. The maximum Gasteiger partial charge on any atom is 0.234 e. The molecule has 0 spiro atoms. The molecule has 0 saturated carbocycles. The Kier molecular flexibility index (Phi) is 10.6. The van der Waals surface area contributed by atoms with E-state index in [0.29, 0.717) is 83.3 Å². The molecule has 55 heavy (non-hydrogen) atoms. The fraction of sp³-hybridized carbons (Fsp3) is 0.425. The van der Waals surface area contributed by atoms with E-state index in [0.717, 1.165) is 49.3 Å². The molecule has 12 nitrogen and oxygen atoms in total. The number of imide groups is 1. The predicted octanol–water partition coefficient (Wildman–Crippen LogP) is 6.14. The molecule has 0 bridgehead atoms. The molecule has 2 aromatic carbocycles. The van der Waals surface area contributed by atoms with Crippen molar-refractivity contribution in [2.24, 2.45) is 13.0 Å². The van der Waals surface area contributed by atoms with Crippen molar-refractivity contribution in [2.45, 2.75) is 51.1 Å². The minimum atomic E-state index is -0.512. The van der Waals surface area contributed by atoms with E-state index in [1.54, 1.807) is 16.8 Å². The number of rotatable bonds is 10. The van der Waals surface area contributed by atoms with Crippen LogP contribution in [-0.2, 0) is 23.2 Å². The van der Waals surface area contributed by atoms with Gasteiger partial charge in [0.05, 0.1) is 35.1 Å². The number of fused-ring (bicyclic) bond motifs is 1. The highest BCUT2D eigenvalue weighted by atomic mass is 35.5. The Labute approximate surface area is 322 Å². The number of H-pyrrole nitrogens is 1. The van der Waals surface area contributed by atoms with Gasteiger partial charge in [0, 0.05) is 65.5 Å². The normalized spacial score (nSPS) is 20.3. The van der Waals surface area contributed by atoms with Crippen LogP contribution in [0.1, 0.15) is 48.4 Å². The number of piperidine rings is 2.